The van der Waals surface area contributed by atoms with Crippen LogP contribution in [-0.2, 0) is 4.79 Å². The van der Waals surface area contributed by atoms with Crippen LogP contribution in [0.5, 0.6) is 11.5 Å². The molecule has 7 nitrogen and oxygen atoms in total. The Hall–Kier alpha value is -2.93. The van der Waals surface area contributed by atoms with E-state index in [1.165, 1.54) is 0 Å². The Morgan fingerprint density at radius 1 is 1.14 bits per heavy atom. The Labute approximate surface area is 167 Å². The van der Waals surface area contributed by atoms with E-state index in [-0.39, 0.29) is 30.5 Å². The molecule has 2 atom stereocenters. The molecule has 2 aromatic carbocycles. The third kappa shape index (κ3) is 4.14. The molecule has 146 valence electrons. The minimum absolute atomic E-state index is 0.0340. The first-order valence-electron chi connectivity index (χ1n) is 9.07. The Morgan fingerprint density at radius 3 is 2.68 bits per heavy atom. The first-order valence-corrected chi connectivity index (χ1v) is 9.45. The highest BCUT2D eigenvalue weighted by Gasteiger charge is 2.31. The molecule has 2 aliphatic heterocycles. The third-order valence-electron chi connectivity index (χ3n) is 4.66. The second-order valence-electron chi connectivity index (χ2n) is 6.73. The van der Waals surface area contributed by atoms with E-state index in [4.69, 9.17) is 21.1 Å². The zero-order valence-electron chi connectivity index (χ0n) is 15.1. The van der Waals surface area contributed by atoms with Crippen molar-refractivity contribution in [3.05, 3.63) is 53.6 Å². The van der Waals surface area contributed by atoms with E-state index in [1.807, 2.05) is 24.3 Å². The number of carbonyl (C=O) groups excluding carboxylic acids is 2. The number of halogens is 1. The highest BCUT2D eigenvalue weighted by atomic mass is 35.5. The Morgan fingerprint density at radius 2 is 1.89 bits per heavy atom. The Kier molecular flexibility index (Phi) is 5.25. The van der Waals surface area contributed by atoms with Crippen molar-refractivity contribution in [1.82, 2.24) is 10.6 Å². The van der Waals surface area contributed by atoms with E-state index >= 15 is 0 Å². The Bertz CT molecular complexity index is 874. The molecule has 0 radical (unpaired) electrons. The molecule has 2 N–H and O–H groups in total. The molecule has 8 heteroatoms. The summed E-state index contributed by atoms with van der Waals surface area (Å²) in [7, 11) is 0. The van der Waals surface area contributed by atoms with Crippen molar-refractivity contribution >= 4 is 29.2 Å². The summed E-state index contributed by atoms with van der Waals surface area (Å²) < 4.78 is 11.4. The lowest BCUT2D eigenvalue weighted by atomic mass is 10.2. The molecular weight excluding hydrogens is 382 g/mol. The van der Waals surface area contributed by atoms with Gasteiger partial charge in [-0.15, -0.1) is 0 Å². The van der Waals surface area contributed by atoms with Gasteiger partial charge in [0.1, 0.15) is 6.61 Å². The summed E-state index contributed by atoms with van der Waals surface area (Å²) >= 11 is 5.89. The molecule has 1 fully saturated rings. The van der Waals surface area contributed by atoms with Gasteiger partial charge in [0.15, 0.2) is 17.6 Å². The molecule has 28 heavy (non-hydrogen) atoms. The van der Waals surface area contributed by atoms with Gasteiger partial charge in [-0.25, -0.2) is 4.79 Å². The number of nitrogens with zero attached hydrogens (tertiary/aromatic N) is 1. The van der Waals surface area contributed by atoms with E-state index in [9.17, 15) is 9.59 Å². The number of rotatable bonds is 4. The normalized spacial score (nSPS) is 20.8. The Balaban J connectivity index is 1.25. The summed E-state index contributed by atoms with van der Waals surface area (Å²) in [5, 5.41) is 6.24. The average molecular weight is 402 g/mol. The molecule has 1 saturated heterocycles. The highest BCUT2D eigenvalue weighted by Crippen LogP contribution is 2.30. The van der Waals surface area contributed by atoms with Crippen LogP contribution in [0.4, 0.5) is 10.5 Å². The van der Waals surface area contributed by atoms with Crippen molar-refractivity contribution in [3.63, 3.8) is 0 Å². The largest absolute Gasteiger partial charge is 0.486 e. The van der Waals surface area contributed by atoms with Gasteiger partial charge in [0.2, 0.25) is 5.91 Å². The number of fused-ring (bicyclic) bond motifs is 1. The van der Waals surface area contributed by atoms with Crippen LogP contribution in [0.3, 0.4) is 0 Å². The number of ether oxygens (including phenoxy) is 2. The summed E-state index contributed by atoms with van der Waals surface area (Å²) in [6, 6.07) is 13.9. The van der Waals surface area contributed by atoms with Gasteiger partial charge in [-0.3, -0.25) is 4.79 Å². The van der Waals surface area contributed by atoms with E-state index in [2.05, 4.69) is 10.6 Å². The van der Waals surface area contributed by atoms with Gasteiger partial charge in [0, 0.05) is 23.7 Å². The van der Waals surface area contributed by atoms with E-state index < -0.39 is 0 Å². The van der Waals surface area contributed by atoms with Gasteiger partial charge in [0.25, 0.3) is 0 Å². The first kappa shape index (κ1) is 18.4. The van der Waals surface area contributed by atoms with Crippen molar-refractivity contribution in [2.45, 2.75) is 18.6 Å². The number of benzene rings is 2. The van der Waals surface area contributed by atoms with Crippen molar-refractivity contribution in [1.29, 1.82) is 0 Å². The molecule has 0 spiro atoms. The van der Waals surface area contributed by atoms with Crippen LogP contribution < -0.4 is 25.0 Å². The fraction of sp³-hybridized carbons (Fsp3) is 0.300. The standard InChI is InChI=1S/C20H20ClN3O4/c21-13-5-7-15(8-6-13)24-11-14(9-19(24)25)23-20(26)22-10-16-12-27-17-3-1-2-4-18(17)28-16/h1-8,14,16H,9-12H2,(H2,22,23,26)/t14-,16-/m1/s1. The van der Waals surface area contributed by atoms with Gasteiger partial charge in [-0.1, -0.05) is 23.7 Å². The molecule has 3 amide bonds. The highest BCUT2D eigenvalue weighted by molar-refractivity contribution is 6.30. The second kappa shape index (κ2) is 7.98. The minimum Gasteiger partial charge on any atom is -0.486 e. The van der Waals surface area contributed by atoms with E-state index in [0.29, 0.717) is 36.2 Å². The maximum Gasteiger partial charge on any atom is 0.315 e. The fourth-order valence-corrected chi connectivity index (χ4v) is 3.41. The topological polar surface area (TPSA) is 79.9 Å². The number of urea groups is 1. The number of amides is 3. The van der Waals surface area contributed by atoms with Crippen LogP contribution in [0.1, 0.15) is 6.42 Å². The summed E-state index contributed by atoms with van der Waals surface area (Å²) in [4.78, 5) is 26.1. The summed E-state index contributed by atoms with van der Waals surface area (Å²) in [6.45, 7) is 1.09. The molecule has 0 unspecified atom stereocenters. The molecule has 2 aromatic rings. The van der Waals surface area contributed by atoms with E-state index in [0.717, 1.165) is 5.69 Å². The van der Waals surface area contributed by atoms with Crippen molar-refractivity contribution in [2.24, 2.45) is 0 Å². The maximum absolute atomic E-state index is 12.3. The molecule has 0 saturated carbocycles. The lowest BCUT2D eigenvalue weighted by Crippen LogP contribution is -2.47. The molecule has 0 aromatic heterocycles. The van der Waals surface area contributed by atoms with Crippen molar-refractivity contribution < 1.29 is 19.1 Å². The summed E-state index contributed by atoms with van der Waals surface area (Å²) in [5.74, 6) is 1.34. The molecular formula is C20H20ClN3O4. The number of hydrogen-bond acceptors (Lipinski definition) is 4. The van der Waals surface area contributed by atoms with Gasteiger partial charge < -0.3 is 25.0 Å². The molecule has 0 aliphatic carbocycles. The number of hydrogen-bond donors (Lipinski definition) is 2. The van der Waals surface area contributed by atoms with Crippen LogP contribution in [0.2, 0.25) is 5.02 Å². The predicted molar refractivity (Wildman–Crippen MR) is 105 cm³/mol. The van der Waals surface area contributed by atoms with Gasteiger partial charge >= 0.3 is 6.03 Å². The lowest BCUT2D eigenvalue weighted by molar-refractivity contribution is -0.117. The third-order valence-corrected chi connectivity index (χ3v) is 4.91. The zero-order chi connectivity index (χ0) is 19.5. The lowest BCUT2D eigenvalue weighted by Gasteiger charge is -2.26. The molecule has 4 rings (SSSR count). The molecule has 0 bridgehead atoms. The fourth-order valence-electron chi connectivity index (χ4n) is 3.28. The first-order chi connectivity index (χ1) is 13.6. The smallest absolute Gasteiger partial charge is 0.315 e. The van der Waals surface area contributed by atoms with Gasteiger partial charge in [0.05, 0.1) is 12.6 Å². The molecule has 2 aliphatic rings. The summed E-state index contributed by atoms with van der Waals surface area (Å²) in [6.07, 6.45) is -0.0108. The quantitative estimate of drug-likeness (QED) is 0.825. The van der Waals surface area contributed by atoms with E-state index in [1.54, 1.807) is 29.2 Å². The predicted octanol–water partition coefficient (Wildman–Crippen LogP) is 2.58. The maximum atomic E-state index is 12.3. The zero-order valence-corrected chi connectivity index (χ0v) is 15.8. The van der Waals surface area contributed by atoms with Crippen molar-refractivity contribution in [3.8, 4) is 11.5 Å². The van der Waals surface area contributed by atoms with Gasteiger partial charge in [-0.2, -0.15) is 0 Å². The van der Waals surface area contributed by atoms with Crippen LogP contribution in [0.15, 0.2) is 48.5 Å². The molecule has 2 heterocycles. The van der Waals surface area contributed by atoms with Crippen LogP contribution >= 0.6 is 11.6 Å². The SMILES string of the molecule is O=C(NC[C@@H]1COc2ccccc2O1)N[C@@H]1CC(=O)N(c2ccc(Cl)cc2)C1. The van der Waals surface area contributed by atoms with Crippen LogP contribution in [0.25, 0.3) is 0 Å². The second-order valence-corrected chi connectivity index (χ2v) is 7.17. The van der Waals surface area contributed by atoms with Crippen LogP contribution in [-0.4, -0.2) is 43.8 Å². The number of anilines is 1. The number of nitrogens with one attached hydrogen (secondary N) is 2. The number of para-hydroxylation sites is 2. The van der Waals surface area contributed by atoms with Crippen molar-refractivity contribution in [2.75, 3.05) is 24.6 Å². The average Bonchev–Trinajstić information content (AvgIpc) is 3.06. The van der Waals surface area contributed by atoms with Gasteiger partial charge in [-0.05, 0) is 36.4 Å². The summed E-state index contributed by atoms with van der Waals surface area (Å²) in [5.41, 5.74) is 0.769. The minimum atomic E-state index is -0.335. The monoisotopic (exact) mass is 401 g/mol. The van der Waals surface area contributed by atoms with Crippen LogP contribution in [0, 0.1) is 0 Å². The number of carbonyl (C=O) groups is 2.